The van der Waals surface area contributed by atoms with Crippen LogP contribution in [0, 0.1) is 6.92 Å². The summed E-state index contributed by atoms with van der Waals surface area (Å²) in [6.07, 6.45) is 2.83. The molecular formula is C26H31N3O5. The van der Waals surface area contributed by atoms with Crippen molar-refractivity contribution in [3.8, 4) is 5.75 Å². The topological polar surface area (TPSA) is 97.0 Å². The summed E-state index contributed by atoms with van der Waals surface area (Å²) in [6, 6.07) is 13.1. The maximum absolute atomic E-state index is 12.7. The molecule has 2 heterocycles. The highest BCUT2D eigenvalue weighted by Gasteiger charge is 2.35. The molecule has 0 bridgehead atoms. The number of aryl methyl sites for hydroxylation is 1. The van der Waals surface area contributed by atoms with Gasteiger partial charge in [-0.1, -0.05) is 18.2 Å². The maximum atomic E-state index is 12.7. The molecule has 2 saturated heterocycles. The van der Waals surface area contributed by atoms with E-state index in [0.29, 0.717) is 38.4 Å². The average Bonchev–Trinajstić information content (AvgIpc) is 3.29. The Bertz CT molecular complexity index is 1060. The fourth-order valence-corrected chi connectivity index (χ4v) is 4.67. The Morgan fingerprint density at radius 2 is 1.82 bits per heavy atom. The summed E-state index contributed by atoms with van der Waals surface area (Å²) in [7, 11) is 1.62. The molecule has 2 N–H and O–H groups in total. The molecule has 2 aliphatic heterocycles. The van der Waals surface area contributed by atoms with Gasteiger partial charge in [-0.25, -0.2) is 0 Å². The Labute approximate surface area is 199 Å². The van der Waals surface area contributed by atoms with Gasteiger partial charge in [-0.05, 0) is 61.6 Å². The largest absolute Gasteiger partial charge is 0.497 e. The summed E-state index contributed by atoms with van der Waals surface area (Å²) in [4.78, 5) is 39.2. The van der Waals surface area contributed by atoms with Crippen LogP contribution in [-0.2, 0) is 24.5 Å². The van der Waals surface area contributed by atoms with Crippen LogP contribution >= 0.6 is 0 Å². The van der Waals surface area contributed by atoms with Gasteiger partial charge in [-0.3, -0.25) is 14.4 Å². The van der Waals surface area contributed by atoms with Crippen LogP contribution in [0.4, 0.5) is 11.4 Å². The van der Waals surface area contributed by atoms with Crippen LogP contribution in [0.25, 0.3) is 0 Å². The van der Waals surface area contributed by atoms with E-state index in [-0.39, 0.29) is 11.3 Å². The van der Waals surface area contributed by atoms with Gasteiger partial charge in [0.15, 0.2) is 0 Å². The van der Waals surface area contributed by atoms with E-state index in [1.165, 1.54) is 0 Å². The molecule has 0 aromatic heterocycles. The third kappa shape index (κ3) is 5.07. The van der Waals surface area contributed by atoms with E-state index in [4.69, 9.17) is 9.47 Å². The lowest BCUT2D eigenvalue weighted by molar-refractivity contribution is -0.136. The molecule has 0 unspecified atom stereocenters. The van der Waals surface area contributed by atoms with Crippen LogP contribution in [-0.4, -0.2) is 51.1 Å². The zero-order valence-corrected chi connectivity index (χ0v) is 19.7. The summed E-state index contributed by atoms with van der Waals surface area (Å²) in [6.45, 7) is 4.10. The number of nitrogens with one attached hydrogen (secondary N) is 2. The van der Waals surface area contributed by atoms with Crippen molar-refractivity contribution < 1.29 is 23.9 Å². The van der Waals surface area contributed by atoms with Crippen LogP contribution in [0.2, 0.25) is 0 Å². The van der Waals surface area contributed by atoms with Crippen LogP contribution in [0.5, 0.6) is 5.75 Å². The van der Waals surface area contributed by atoms with E-state index in [2.05, 4.69) is 10.6 Å². The molecule has 0 saturated carbocycles. The SMILES string of the molecule is COc1ccc(C2(CNC(=O)C(=O)Nc3ccc(C)c(N4CCCC4=O)c3)CCOCC2)cc1. The molecule has 2 aromatic rings. The standard InChI is InChI=1S/C26H31N3O5/c1-18-5-8-20(16-22(18)29-13-3-4-23(29)30)28-25(32)24(31)27-17-26(11-14-34-15-12-26)19-6-9-21(33-2)10-7-19/h5-10,16H,3-4,11-15,17H2,1-2H3,(H,27,31)(H,28,32). The number of hydrogen-bond acceptors (Lipinski definition) is 5. The Kier molecular flexibility index (Phi) is 7.17. The number of amides is 3. The number of carbonyl (C=O) groups is 3. The van der Waals surface area contributed by atoms with E-state index >= 15 is 0 Å². The smallest absolute Gasteiger partial charge is 0.313 e. The lowest BCUT2D eigenvalue weighted by Gasteiger charge is -2.38. The second kappa shape index (κ2) is 10.3. The van der Waals surface area contributed by atoms with Crippen molar-refractivity contribution >= 4 is 29.1 Å². The number of ether oxygens (including phenoxy) is 2. The monoisotopic (exact) mass is 465 g/mol. The van der Waals surface area contributed by atoms with Gasteiger partial charge in [0, 0.05) is 49.5 Å². The predicted octanol–water partition coefficient (Wildman–Crippen LogP) is 2.93. The fourth-order valence-electron chi connectivity index (χ4n) is 4.67. The molecule has 0 aliphatic carbocycles. The fraction of sp³-hybridized carbons (Fsp3) is 0.423. The lowest BCUT2D eigenvalue weighted by Crippen LogP contribution is -2.47. The number of methoxy groups -OCH3 is 1. The van der Waals surface area contributed by atoms with E-state index in [9.17, 15) is 14.4 Å². The van der Waals surface area contributed by atoms with Gasteiger partial charge in [0.1, 0.15) is 5.75 Å². The van der Waals surface area contributed by atoms with Crippen LogP contribution in [0.3, 0.4) is 0 Å². The van der Waals surface area contributed by atoms with Crippen LogP contribution < -0.4 is 20.3 Å². The Morgan fingerprint density at radius 3 is 2.47 bits per heavy atom. The van der Waals surface area contributed by atoms with Crippen LogP contribution in [0.15, 0.2) is 42.5 Å². The molecule has 0 radical (unpaired) electrons. The first-order chi connectivity index (χ1) is 16.4. The van der Waals surface area contributed by atoms with Gasteiger partial charge in [0.2, 0.25) is 5.91 Å². The second-order valence-corrected chi connectivity index (χ2v) is 8.91. The van der Waals surface area contributed by atoms with Crippen molar-refractivity contribution in [2.24, 2.45) is 0 Å². The summed E-state index contributed by atoms with van der Waals surface area (Å²) in [5.74, 6) is -0.592. The zero-order chi connectivity index (χ0) is 24.1. The lowest BCUT2D eigenvalue weighted by atomic mass is 9.74. The van der Waals surface area contributed by atoms with Crippen molar-refractivity contribution in [2.45, 2.75) is 38.0 Å². The molecule has 34 heavy (non-hydrogen) atoms. The molecular weight excluding hydrogens is 434 g/mol. The highest BCUT2D eigenvalue weighted by molar-refractivity contribution is 6.39. The van der Waals surface area contributed by atoms with Gasteiger partial charge in [0.25, 0.3) is 0 Å². The van der Waals surface area contributed by atoms with Crippen molar-refractivity contribution in [3.05, 3.63) is 53.6 Å². The summed E-state index contributed by atoms with van der Waals surface area (Å²) >= 11 is 0. The minimum absolute atomic E-state index is 0.0737. The summed E-state index contributed by atoms with van der Waals surface area (Å²) < 4.78 is 10.8. The van der Waals surface area contributed by atoms with E-state index in [1.807, 2.05) is 37.3 Å². The van der Waals surface area contributed by atoms with Crippen molar-refractivity contribution in [3.63, 3.8) is 0 Å². The molecule has 2 aromatic carbocycles. The van der Waals surface area contributed by atoms with Gasteiger partial charge < -0.3 is 25.0 Å². The first-order valence-corrected chi connectivity index (χ1v) is 11.6. The predicted molar refractivity (Wildman–Crippen MR) is 129 cm³/mol. The minimum Gasteiger partial charge on any atom is -0.497 e. The first-order valence-electron chi connectivity index (χ1n) is 11.6. The quantitative estimate of drug-likeness (QED) is 0.640. The van der Waals surface area contributed by atoms with Crippen molar-refractivity contribution in [2.75, 3.05) is 43.6 Å². The van der Waals surface area contributed by atoms with Gasteiger partial charge in [0.05, 0.1) is 7.11 Å². The average molecular weight is 466 g/mol. The molecule has 180 valence electrons. The Morgan fingerprint density at radius 1 is 1.09 bits per heavy atom. The molecule has 2 aliphatic rings. The highest BCUT2D eigenvalue weighted by Crippen LogP contribution is 2.35. The molecule has 2 fully saturated rings. The number of hydrogen-bond donors (Lipinski definition) is 2. The minimum atomic E-state index is -0.737. The van der Waals surface area contributed by atoms with E-state index in [1.54, 1.807) is 24.1 Å². The van der Waals surface area contributed by atoms with E-state index < -0.39 is 11.8 Å². The van der Waals surface area contributed by atoms with Gasteiger partial charge in [-0.15, -0.1) is 0 Å². The zero-order valence-electron chi connectivity index (χ0n) is 19.7. The molecule has 3 amide bonds. The number of carbonyl (C=O) groups excluding carboxylic acids is 3. The molecule has 0 spiro atoms. The van der Waals surface area contributed by atoms with E-state index in [0.717, 1.165) is 41.8 Å². The second-order valence-electron chi connectivity index (χ2n) is 8.91. The van der Waals surface area contributed by atoms with Gasteiger partial charge >= 0.3 is 11.8 Å². The maximum Gasteiger partial charge on any atom is 0.313 e. The Balaban J connectivity index is 1.42. The highest BCUT2D eigenvalue weighted by atomic mass is 16.5. The third-order valence-electron chi connectivity index (χ3n) is 6.78. The number of benzene rings is 2. The van der Waals surface area contributed by atoms with Crippen LogP contribution in [0.1, 0.15) is 36.8 Å². The van der Waals surface area contributed by atoms with Crippen molar-refractivity contribution in [1.29, 1.82) is 0 Å². The number of anilines is 2. The Hall–Kier alpha value is -3.39. The summed E-state index contributed by atoms with van der Waals surface area (Å²) in [5, 5.41) is 5.50. The molecule has 0 atom stereocenters. The van der Waals surface area contributed by atoms with Crippen molar-refractivity contribution in [1.82, 2.24) is 5.32 Å². The number of nitrogens with zero attached hydrogens (tertiary/aromatic N) is 1. The summed E-state index contributed by atoms with van der Waals surface area (Å²) in [5.41, 5.74) is 2.96. The molecule has 4 rings (SSSR count). The molecule has 8 nitrogen and oxygen atoms in total. The molecule has 8 heteroatoms. The normalized spacial score (nSPS) is 17.4. The first kappa shape index (κ1) is 23.8. The number of rotatable bonds is 6. The van der Waals surface area contributed by atoms with Gasteiger partial charge in [-0.2, -0.15) is 0 Å². The third-order valence-corrected chi connectivity index (χ3v) is 6.78.